The van der Waals surface area contributed by atoms with Crippen LogP contribution in [0.2, 0.25) is 0 Å². The molecule has 25 heavy (non-hydrogen) atoms. The highest BCUT2D eigenvalue weighted by molar-refractivity contribution is 9.13. The molecule has 0 saturated carbocycles. The second kappa shape index (κ2) is 9.30. The highest BCUT2D eigenvalue weighted by Gasteiger charge is 2.24. The maximum atomic E-state index is 12.3. The first-order chi connectivity index (χ1) is 11.9. The summed E-state index contributed by atoms with van der Waals surface area (Å²) in [6.45, 7) is 3.72. The molecule has 2 aromatic rings. The molecule has 2 heterocycles. The fraction of sp³-hybridized carbons (Fsp3) is 0.312. The van der Waals surface area contributed by atoms with Crippen LogP contribution in [0.5, 0.6) is 0 Å². The van der Waals surface area contributed by atoms with Gasteiger partial charge in [-0.2, -0.15) is 5.10 Å². The lowest BCUT2D eigenvalue weighted by atomic mass is 10.0. The van der Waals surface area contributed by atoms with Crippen molar-refractivity contribution in [3.63, 3.8) is 0 Å². The Morgan fingerprint density at radius 3 is 2.72 bits per heavy atom. The third-order valence-corrected chi connectivity index (χ3v) is 5.80. The van der Waals surface area contributed by atoms with Crippen molar-refractivity contribution in [3.05, 3.63) is 43.4 Å². The van der Waals surface area contributed by atoms with Crippen LogP contribution in [-0.2, 0) is 16.0 Å². The van der Waals surface area contributed by atoms with Gasteiger partial charge in [-0.1, -0.05) is 19.9 Å². The molecule has 0 spiro atoms. The fourth-order valence-corrected chi connectivity index (χ4v) is 3.30. The molecule has 1 atom stereocenters. The average molecular weight is 491 g/mol. The second-order valence-corrected chi connectivity index (χ2v) is 8.16. The summed E-state index contributed by atoms with van der Waals surface area (Å²) in [5.74, 6) is -0.175. The van der Waals surface area contributed by atoms with Gasteiger partial charge in [0.05, 0.1) is 17.1 Å². The number of halogens is 2. The molecule has 0 saturated heterocycles. The fourth-order valence-electron chi connectivity index (χ4n) is 1.99. The third kappa shape index (κ3) is 6.09. The van der Waals surface area contributed by atoms with Crippen LogP contribution in [0.1, 0.15) is 24.5 Å². The van der Waals surface area contributed by atoms with Crippen molar-refractivity contribution in [1.29, 1.82) is 0 Å². The average Bonchev–Trinajstić information content (AvgIpc) is 3.15. The molecular weight excluding hydrogens is 474 g/mol. The van der Waals surface area contributed by atoms with Crippen molar-refractivity contribution in [2.45, 2.75) is 26.3 Å². The third-order valence-electron chi connectivity index (χ3n) is 3.21. The Balaban J connectivity index is 1.91. The van der Waals surface area contributed by atoms with Crippen molar-refractivity contribution in [2.75, 3.05) is 0 Å². The second-order valence-electron chi connectivity index (χ2n) is 5.55. The zero-order valence-corrected chi connectivity index (χ0v) is 17.6. The number of hydrazone groups is 1. The highest BCUT2D eigenvalue weighted by Crippen LogP contribution is 2.25. The summed E-state index contributed by atoms with van der Waals surface area (Å²) in [5, 5.41) is 8.54. The molecule has 2 N–H and O–H groups in total. The molecule has 2 aromatic heterocycles. The Bertz CT molecular complexity index is 737. The van der Waals surface area contributed by atoms with Crippen LogP contribution in [0, 0.1) is 5.92 Å². The van der Waals surface area contributed by atoms with E-state index < -0.39 is 6.04 Å². The Morgan fingerprint density at radius 2 is 2.16 bits per heavy atom. The van der Waals surface area contributed by atoms with Crippen LogP contribution >= 0.6 is 43.2 Å². The lowest BCUT2D eigenvalue weighted by Crippen LogP contribution is -2.49. The van der Waals surface area contributed by atoms with E-state index in [1.807, 2.05) is 31.4 Å². The quantitative estimate of drug-likeness (QED) is 0.458. The van der Waals surface area contributed by atoms with Gasteiger partial charge < -0.3 is 9.73 Å². The Kier molecular flexibility index (Phi) is 7.39. The number of nitrogens with zero attached hydrogens (tertiary/aromatic N) is 1. The lowest BCUT2D eigenvalue weighted by Gasteiger charge is -2.20. The van der Waals surface area contributed by atoms with Crippen molar-refractivity contribution >= 4 is 61.2 Å². The van der Waals surface area contributed by atoms with E-state index in [0.717, 1.165) is 9.35 Å². The zero-order valence-electron chi connectivity index (χ0n) is 13.6. The molecule has 0 aliphatic rings. The van der Waals surface area contributed by atoms with Crippen LogP contribution in [0.25, 0.3) is 0 Å². The van der Waals surface area contributed by atoms with Gasteiger partial charge in [-0.3, -0.25) is 9.59 Å². The minimum absolute atomic E-state index is 0.0746. The van der Waals surface area contributed by atoms with E-state index in [9.17, 15) is 9.59 Å². The Hall–Kier alpha value is -1.45. The molecule has 0 aliphatic heterocycles. The highest BCUT2D eigenvalue weighted by atomic mass is 79.9. The molecule has 0 aromatic carbocycles. The van der Waals surface area contributed by atoms with E-state index in [0.29, 0.717) is 10.4 Å². The standard InChI is InChI=1S/C16H17Br2N3O3S/c1-9(2)14(20-13(22)7-11-4-3-5-25-11)16(23)21-19-8-10-6-12(17)15(18)24-10/h3-6,8-9,14H,7H2,1-2H3,(H,20,22)(H,21,23). The van der Waals surface area contributed by atoms with Gasteiger partial charge in [-0.15, -0.1) is 11.3 Å². The summed E-state index contributed by atoms with van der Waals surface area (Å²) in [5.41, 5.74) is 2.43. The van der Waals surface area contributed by atoms with Gasteiger partial charge in [0.25, 0.3) is 5.91 Å². The molecule has 0 bridgehead atoms. The first-order valence-electron chi connectivity index (χ1n) is 7.46. The van der Waals surface area contributed by atoms with E-state index in [2.05, 4.69) is 47.7 Å². The minimum Gasteiger partial charge on any atom is -0.447 e. The predicted octanol–water partition coefficient (Wildman–Crippen LogP) is 3.70. The minimum atomic E-state index is -0.667. The van der Waals surface area contributed by atoms with Gasteiger partial charge in [-0.25, -0.2) is 5.43 Å². The molecule has 0 radical (unpaired) electrons. The van der Waals surface area contributed by atoms with E-state index >= 15 is 0 Å². The lowest BCUT2D eigenvalue weighted by molar-refractivity contribution is -0.129. The number of carbonyl (C=O) groups is 2. The molecular formula is C16H17Br2N3O3S. The summed E-state index contributed by atoms with van der Waals surface area (Å²) in [7, 11) is 0. The van der Waals surface area contributed by atoms with E-state index in [4.69, 9.17) is 4.42 Å². The smallest absolute Gasteiger partial charge is 0.262 e. The number of furan rings is 1. The monoisotopic (exact) mass is 489 g/mol. The number of hydrogen-bond acceptors (Lipinski definition) is 5. The van der Waals surface area contributed by atoms with Gasteiger partial charge in [-0.05, 0) is 49.2 Å². The van der Waals surface area contributed by atoms with Gasteiger partial charge in [0.15, 0.2) is 4.67 Å². The number of carbonyl (C=O) groups excluding carboxylic acids is 2. The van der Waals surface area contributed by atoms with Crippen LogP contribution < -0.4 is 10.7 Å². The maximum absolute atomic E-state index is 12.3. The molecule has 2 amide bonds. The summed E-state index contributed by atoms with van der Waals surface area (Å²) >= 11 is 8.02. The summed E-state index contributed by atoms with van der Waals surface area (Å²) in [6, 6.07) is 4.82. The van der Waals surface area contributed by atoms with E-state index in [1.165, 1.54) is 17.6 Å². The topological polar surface area (TPSA) is 83.7 Å². The van der Waals surface area contributed by atoms with Crippen molar-refractivity contribution in [3.8, 4) is 0 Å². The first kappa shape index (κ1) is 19.9. The van der Waals surface area contributed by atoms with Crippen LogP contribution in [-0.4, -0.2) is 24.1 Å². The van der Waals surface area contributed by atoms with Crippen LogP contribution in [0.4, 0.5) is 0 Å². The van der Waals surface area contributed by atoms with Crippen LogP contribution in [0.15, 0.2) is 42.2 Å². The molecule has 1 unspecified atom stereocenters. The Labute approximate surface area is 166 Å². The van der Waals surface area contributed by atoms with Gasteiger partial charge >= 0.3 is 0 Å². The maximum Gasteiger partial charge on any atom is 0.262 e. The van der Waals surface area contributed by atoms with Gasteiger partial charge in [0, 0.05) is 10.9 Å². The van der Waals surface area contributed by atoms with E-state index in [1.54, 1.807) is 6.07 Å². The van der Waals surface area contributed by atoms with Gasteiger partial charge in [0.1, 0.15) is 11.8 Å². The molecule has 0 aliphatic carbocycles. The largest absolute Gasteiger partial charge is 0.447 e. The van der Waals surface area contributed by atoms with Crippen molar-refractivity contribution < 1.29 is 14.0 Å². The molecule has 0 fully saturated rings. The first-order valence-corrected chi connectivity index (χ1v) is 9.93. The number of amides is 2. The molecule has 6 nitrogen and oxygen atoms in total. The Morgan fingerprint density at radius 1 is 1.40 bits per heavy atom. The number of nitrogens with one attached hydrogen (secondary N) is 2. The number of rotatable bonds is 7. The molecule has 134 valence electrons. The van der Waals surface area contributed by atoms with E-state index in [-0.39, 0.29) is 24.2 Å². The number of hydrogen-bond donors (Lipinski definition) is 2. The van der Waals surface area contributed by atoms with Crippen LogP contribution in [0.3, 0.4) is 0 Å². The summed E-state index contributed by atoms with van der Waals surface area (Å²) in [4.78, 5) is 25.4. The number of thiophene rings is 1. The molecule has 2 rings (SSSR count). The summed E-state index contributed by atoms with van der Waals surface area (Å²) in [6.07, 6.45) is 1.64. The zero-order chi connectivity index (χ0) is 18.4. The predicted molar refractivity (Wildman–Crippen MR) is 105 cm³/mol. The summed E-state index contributed by atoms with van der Waals surface area (Å²) < 4.78 is 6.62. The van der Waals surface area contributed by atoms with Gasteiger partial charge in [0.2, 0.25) is 5.91 Å². The molecule has 9 heteroatoms. The van der Waals surface area contributed by atoms with Crippen molar-refractivity contribution in [1.82, 2.24) is 10.7 Å². The normalized spacial score (nSPS) is 12.5. The SMILES string of the molecule is CC(C)C(NC(=O)Cc1cccs1)C(=O)NN=Cc1cc(Br)c(Br)o1. The van der Waals surface area contributed by atoms with Crippen molar-refractivity contribution in [2.24, 2.45) is 11.0 Å².